The number of hydrazone groups is 1. The molecule has 1 heterocycles. The molecule has 0 aromatic heterocycles. The zero-order chi connectivity index (χ0) is 12.3. The summed E-state index contributed by atoms with van der Waals surface area (Å²) in [4.78, 5) is 2.09. The quantitative estimate of drug-likeness (QED) is 0.802. The Bertz CT molecular complexity index is 419. The van der Waals surface area contributed by atoms with Crippen molar-refractivity contribution in [2.75, 3.05) is 37.4 Å². The maximum Gasteiger partial charge on any atom is 0.144 e. The van der Waals surface area contributed by atoms with Gasteiger partial charge in [0.2, 0.25) is 0 Å². The minimum Gasteiger partial charge on any atom is -0.492 e. The highest BCUT2D eigenvalue weighted by atomic mass is 16.5. The number of hydrogen-bond acceptors (Lipinski definition) is 5. The Kier molecular flexibility index (Phi) is 3.37. The summed E-state index contributed by atoms with van der Waals surface area (Å²) >= 11 is 0. The van der Waals surface area contributed by atoms with Crippen LogP contribution in [-0.4, -0.2) is 38.1 Å². The Morgan fingerprint density at radius 1 is 1.41 bits per heavy atom. The third-order valence-electron chi connectivity index (χ3n) is 2.68. The van der Waals surface area contributed by atoms with E-state index in [0.29, 0.717) is 12.3 Å². The first-order valence-corrected chi connectivity index (χ1v) is 5.75. The van der Waals surface area contributed by atoms with Crippen LogP contribution in [0.1, 0.15) is 6.92 Å². The third-order valence-corrected chi connectivity index (χ3v) is 2.68. The first kappa shape index (κ1) is 11.6. The van der Waals surface area contributed by atoms with Crippen molar-refractivity contribution >= 4 is 17.7 Å². The summed E-state index contributed by atoms with van der Waals surface area (Å²) in [5.74, 6) is 0.734. The Labute approximate surface area is 101 Å². The van der Waals surface area contributed by atoms with Crippen molar-refractivity contribution in [2.24, 2.45) is 5.10 Å². The predicted octanol–water partition coefficient (Wildman–Crippen LogP) is 1.36. The molecule has 0 fully saturated rings. The summed E-state index contributed by atoms with van der Waals surface area (Å²) in [6.07, 6.45) is 1.82. The fourth-order valence-corrected chi connectivity index (χ4v) is 1.70. The van der Waals surface area contributed by atoms with Gasteiger partial charge >= 0.3 is 0 Å². The number of anilines is 2. The van der Waals surface area contributed by atoms with Crippen LogP contribution < -0.4 is 15.4 Å². The van der Waals surface area contributed by atoms with Crippen molar-refractivity contribution in [1.82, 2.24) is 5.01 Å². The fraction of sp³-hybridized carbons (Fsp3) is 0.417. The van der Waals surface area contributed by atoms with Gasteiger partial charge in [-0.25, -0.2) is 0 Å². The van der Waals surface area contributed by atoms with Crippen LogP contribution >= 0.6 is 0 Å². The second-order valence-electron chi connectivity index (χ2n) is 3.96. The van der Waals surface area contributed by atoms with E-state index in [0.717, 1.165) is 24.5 Å². The van der Waals surface area contributed by atoms with Gasteiger partial charge in [-0.1, -0.05) is 0 Å². The van der Waals surface area contributed by atoms with Crippen LogP contribution in [-0.2, 0) is 0 Å². The summed E-state index contributed by atoms with van der Waals surface area (Å²) < 4.78 is 5.48. The number of rotatable bonds is 3. The Hall–Kier alpha value is -1.91. The van der Waals surface area contributed by atoms with Crippen molar-refractivity contribution < 1.29 is 4.74 Å². The number of likely N-dealkylation sites (N-methyl/N-ethyl adjacent to an activating group) is 1. The maximum atomic E-state index is 5.84. The highest BCUT2D eigenvalue weighted by molar-refractivity contribution is 5.81. The van der Waals surface area contributed by atoms with Gasteiger partial charge in [-0.15, -0.1) is 0 Å². The van der Waals surface area contributed by atoms with Gasteiger partial charge in [0, 0.05) is 25.3 Å². The lowest BCUT2D eigenvalue weighted by Gasteiger charge is -2.27. The van der Waals surface area contributed by atoms with Gasteiger partial charge < -0.3 is 15.4 Å². The summed E-state index contributed by atoms with van der Waals surface area (Å²) in [5.41, 5.74) is 7.57. The smallest absolute Gasteiger partial charge is 0.144 e. The monoisotopic (exact) mass is 234 g/mol. The van der Waals surface area contributed by atoms with E-state index in [9.17, 15) is 0 Å². The second-order valence-corrected chi connectivity index (χ2v) is 3.96. The summed E-state index contributed by atoms with van der Waals surface area (Å²) in [6.45, 7) is 4.38. The molecule has 0 amide bonds. The van der Waals surface area contributed by atoms with Gasteiger partial charge in [0.1, 0.15) is 12.1 Å². The largest absolute Gasteiger partial charge is 0.492 e. The van der Waals surface area contributed by atoms with E-state index >= 15 is 0 Å². The lowest BCUT2D eigenvalue weighted by Crippen LogP contribution is -2.35. The van der Waals surface area contributed by atoms with Crippen LogP contribution in [0.3, 0.4) is 0 Å². The molecule has 0 radical (unpaired) electrons. The molecule has 0 saturated carbocycles. The van der Waals surface area contributed by atoms with Crippen molar-refractivity contribution in [1.29, 1.82) is 0 Å². The van der Waals surface area contributed by atoms with Crippen LogP contribution in [0.5, 0.6) is 5.75 Å². The van der Waals surface area contributed by atoms with Crippen LogP contribution in [0.15, 0.2) is 23.3 Å². The molecule has 1 aliphatic heterocycles. The van der Waals surface area contributed by atoms with Gasteiger partial charge in [-0.2, -0.15) is 5.10 Å². The van der Waals surface area contributed by atoms with Gasteiger partial charge in [-0.05, 0) is 19.1 Å². The first-order chi connectivity index (χ1) is 8.20. The number of nitrogens with zero attached hydrogens (tertiary/aromatic N) is 3. The van der Waals surface area contributed by atoms with E-state index in [1.54, 1.807) is 0 Å². The maximum absolute atomic E-state index is 5.84. The van der Waals surface area contributed by atoms with Crippen LogP contribution in [0.4, 0.5) is 11.4 Å². The second kappa shape index (κ2) is 4.95. The molecule has 17 heavy (non-hydrogen) atoms. The van der Waals surface area contributed by atoms with Crippen molar-refractivity contribution in [3.8, 4) is 5.75 Å². The molecule has 92 valence electrons. The summed E-state index contributed by atoms with van der Waals surface area (Å²) in [7, 11) is 1.96. The number of hydrogen-bond donors (Lipinski definition) is 1. The number of ether oxygens (including phenoxy) is 1. The molecular weight excluding hydrogens is 216 g/mol. The van der Waals surface area contributed by atoms with Gasteiger partial charge in [0.05, 0.1) is 18.8 Å². The van der Waals surface area contributed by atoms with Gasteiger partial charge in [-0.3, -0.25) is 5.01 Å². The van der Waals surface area contributed by atoms with Gasteiger partial charge in [0.25, 0.3) is 0 Å². The molecule has 2 rings (SSSR count). The van der Waals surface area contributed by atoms with Gasteiger partial charge in [0.15, 0.2) is 0 Å². The van der Waals surface area contributed by atoms with E-state index in [2.05, 4.69) is 10.0 Å². The van der Waals surface area contributed by atoms with E-state index in [1.807, 2.05) is 43.5 Å². The molecule has 0 saturated heterocycles. The first-order valence-electron chi connectivity index (χ1n) is 5.75. The molecular formula is C12H18N4O. The SMILES string of the molecule is CCOc1cc(N2C=NN(C)CC2)ccc1N. The zero-order valence-electron chi connectivity index (χ0n) is 10.3. The molecule has 5 nitrogen and oxygen atoms in total. The number of benzene rings is 1. The molecule has 1 aliphatic rings. The average molecular weight is 234 g/mol. The Morgan fingerprint density at radius 3 is 2.88 bits per heavy atom. The normalized spacial score (nSPS) is 15.2. The number of nitrogens with two attached hydrogens (primary N) is 1. The number of nitrogen functional groups attached to an aromatic ring is 1. The zero-order valence-corrected chi connectivity index (χ0v) is 10.3. The molecule has 0 bridgehead atoms. The van der Waals surface area contributed by atoms with Crippen molar-refractivity contribution in [2.45, 2.75) is 6.92 Å². The molecule has 0 unspecified atom stereocenters. The molecule has 1 aromatic rings. The Balaban J connectivity index is 2.21. The topological polar surface area (TPSA) is 54.1 Å². The van der Waals surface area contributed by atoms with Crippen molar-refractivity contribution in [3.63, 3.8) is 0 Å². The fourth-order valence-electron chi connectivity index (χ4n) is 1.70. The van der Waals surface area contributed by atoms with Crippen LogP contribution in [0, 0.1) is 0 Å². The minimum absolute atomic E-state index is 0.616. The molecule has 1 aromatic carbocycles. The van der Waals surface area contributed by atoms with E-state index in [4.69, 9.17) is 10.5 Å². The third kappa shape index (κ3) is 2.61. The highest BCUT2D eigenvalue weighted by Gasteiger charge is 2.11. The van der Waals surface area contributed by atoms with Crippen LogP contribution in [0.2, 0.25) is 0 Å². The molecule has 5 heteroatoms. The van der Waals surface area contributed by atoms with Crippen LogP contribution in [0.25, 0.3) is 0 Å². The molecule has 2 N–H and O–H groups in total. The van der Waals surface area contributed by atoms with E-state index < -0.39 is 0 Å². The summed E-state index contributed by atoms with van der Waals surface area (Å²) in [6, 6.07) is 5.80. The lowest BCUT2D eigenvalue weighted by molar-refractivity contribution is 0.341. The lowest BCUT2D eigenvalue weighted by atomic mass is 10.2. The Morgan fingerprint density at radius 2 is 2.24 bits per heavy atom. The molecule has 0 aliphatic carbocycles. The molecule has 0 atom stereocenters. The van der Waals surface area contributed by atoms with Crippen molar-refractivity contribution in [3.05, 3.63) is 18.2 Å². The average Bonchev–Trinajstić information content (AvgIpc) is 2.33. The standard InChI is InChI=1S/C12H18N4O/c1-3-17-12-8-10(4-5-11(12)13)16-7-6-15(2)14-9-16/h4-5,8-9H,3,6-7,13H2,1-2H3. The van der Waals surface area contributed by atoms with E-state index in [1.165, 1.54) is 0 Å². The molecule has 0 spiro atoms. The van der Waals surface area contributed by atoms with E-state index in [-0.39, 0.29) is 0 Å². The predicted molar refractivity (Wildman–Crippen MR) is 70.5 cm³/mol. The highest BCUT2D eigenvalue weighted by Crippen LogP contribution is 2.27. The summed E-state index contributed by atoms with van der Waals surface area (Å²) in [5, 5.41) is 6.16. The minimum atomic E-state index is 0.616.